The van der Waals surface area contributed by atoms with Crippen molar-refractivity contribution in [3.8, 4) is 5.75 Å². The van der Waals surface area contributed by atoms with E-state index in [-0.39, 0.29) is 23.8 Å². The van der Waals surface area contributed by atoms with Crippen molar-refractivity contribution in [2.24, 2.45) is 5.92 Å². The lowest BCUT2D eigenvalue weighted by molar-refractivity contribution is -0.126. The molecule has 0 bridgehead atoms. The first-order valence-electron chi connectivity index (χ1n) is 8.29. The Balaban J connectivity index is 1.94. The minimum atomic E-state index is -0.0248. The molecule has 2 amide bonds. The number of carbonyl (C=O) groups is 2. The van der Waals surface area contributed by atoms with Gasteiger partial charge in [0.25, 0.3) is 5.91 Å². The second kappa shape index (κ2) is 7.99. The van der Waals surface area contributed by atoms with Crippen molar-refractivity contribution in [1.82, 2.24) is 10.2 Å². The summed E-state index contributed by atoms with van der Waals surface area (Å²) >= 11 is 0. The van der Waals surface area contributed by atoms with Crippen LogP contribution in [0.1, 0.15) is 43.5 Å². The number of nitrogens with zero attached hydrogens (tertiary/aromatic N) is 1. The van der Waals surface area contributed by atoms with Crippen molar-refractivity contribution in [1.29, 1.82) is 0 Å². The van der Waals surface area contributed by atoms with Crippen molar-refractivity contribution in [2.75, 3.05) is 20.2 Å². The van der Waals surface area contributed by atoms with Crippen molar-refractivity contribution < 1.29 is 14.3 Å². The number of hydrogen-bond acceptors (Lipinski definition) is 3. The Labute approximate surface area is 138 Å². The monoisotopic (exact) mass is 318 g/mol. The molecule has 1 aromatic carbocycles. The van der Waals surface area contributed by atoms with Crippen molar-refractivity contribution in [3.63, 3.8) is 0 Å². The average Bonchev–Trinajstić information content (AvgIpc) is 2.60. The van der Waals surface area contributed by atoms with E-state index in [1.165, 1.54) is 0 Å². The fourth-order valence-corrected chi connectivity index (χ4v) is 2.80. The van der Waals surface area contributed by atoms with Gasteiger partial charge in [-0.3, -0.25) is 9.59 Å². The van der Waals surface area contributed by atoms with Gasteiger partial charge in [0.2, 0.25) is 5.91 Å². The molecule has 1 aliphatic heterocycles. The number of likely N-dealkylation sites (tertiary alicyclic amines) is 1. The van der Waals surface area contributed by atoms with E-state index < -0.39 is 0 Å². The minimum absolute atomic E-state index is 0.00530. The molecule has 0 spiro atoms. The van der Waals surface area contributed by atoms with Gasteiger partial charge >= 0.3 is 0 Å². The molecule has 1 fully saturated rings. The molecule has 1 unspecified atom stereocenters. The normalized spacial score (nSPS) is 16.7. The van der Waals surface area contributed by atoms with Crippen LogP contribution < -0.4 is 10.1 Å². The maximum absolute atomic E-state index is 12.6. The molecule has 1 aliphatic rings. The molecule has 0 radical (unpaired) electrons. The molecule has 0 aliphatic carbocycles. The lowest BCUT2D eigenvalue weighted by Crippen LogP contribution is -2.44. The summed E-state index contributed by atoms with van der Waals surface area (Å²) in [7, 11) is 1.57. The van der Waals surface area contributed by atoms with Crippen LogP contribution in [0.4, 0.5) is 0 Å². The first-order valence-corrected chi connectivity index (χ1v) is 8.29. The highest BCUT2D eigenvalue weighted by Gasteiger charge is 2.29. The van der Waals surface area contributed by atoms with E-state index >= 15 is 0 Å². The van der Waals surface area contributed by atoms with Crippen LogP contribution in [0.25, 0.3) is 0 Å². The zero-order valence-electron chi connectivity index (χ0n) is 14.2. The highest BCUT2D eigenvalue weighted by atomic mass is 16.5. The average molecular weight is 318 g/mol. The molecule has 1 aromatic rings. The number of rotatable bonds is 5. The molecule has 5 heteroatoms. The van der Waals surface area contributed by atoms with Crippen LogP contribution in [0, 0.1) is 5.92 Å². The molecular weight excluding hydrogens is 292 g/mol. The van der Waals surface area contributed by atoms with Crippen LogP contribution in [-0.2, 0) is 4.79 Å². The summed E-state index contributed by atoms with van der Waals surface area (Å²) < 4.78 is 5.26. The predicted molar refractivity (Wildman–Crippen MR) is 89.5 cm³/mol. The number of para-hydroxylation sites is 1. The Bertz CT molecular complexity index is 551. The van der Waals surface area contributed by atoms with Gasteiger partial charge in [-0.2, -0.15) is 0 Å². The summed E-state index contributed by atoms with van der Waals surface area (Å²) in [6, 6.07) is 7.46. The molecule has 126 valence electrons. The number of hydrogen-bond donors (Lipinski definition) is 1. The largest absolute Gasteiger partial charge is 0.496 e. The van der Waals surface area contributed by atoms with Crippen LogP contribution in [0.15, 0.2) is 24.3 Å². The zero-order chi connectivity index (χ0) is 16.8. The lowest BCUT2D eigenvalue weighted by atomic mass is 9.95. The molecule has 0 aromatic heterocycles. The third-order valence-electron chi connectivity index (χ3n) is 4.49. The minimum Gasteiger partial charge on any atom is -0.496 e. The zero-order valence-corrected chi connectivity index (χ0v) is 14.2. The third kappa shape index (κ3) is 4.24. The summed E-state index contributed by atoms with van der Waals surface area (Å²) in [6.45, 7) is 5.28. The number of benzene rings is 1. The fourth-order valence-electron chi connectivity index (χ4n) is 2.80. The molecule has 1 atom stereocenters. The highest BCUT2D eigenvalue weighted by Crippen LogP contribution is 2.23. The number of nitrogens with one attached hydrogen (secondary N) is 1. The van der Waals surface area contributed by atoms with E-state index in [2.05, 4.69) is 12.2 Å². The van der Waals surface area contributed by atoms with Crippen LogP contribution in [-0.4, -0.2) is 43.0 Å². The lowest BCUT2D eigenvalue weighted by Gasteiger charge is -2.32. The number of ether oxygens (including phenoxy) is 1. The molecule has 2 rings (SSSR count). The Morgan fingerprint density at radius 1 is 1.30 bits per heavy atom. The van der Waals surface area contributed by atoms with E-state index in [9.17, 15) is 9.59 Å². The smallest absolute Gasteiger partial charge is 0.257 e. The molecular formula is C18H26N2O3. The number of amides is 2. The number of piperidine rings is 1. The standard InChI is InChI=1S/C18H26N2O3/c1-4-13(2)19-17(21)14-9-11-20(12-10-14)18(22)15-7-5-6-8-16(15)23-3/h5-8,13-14H,4,9-12H2,1-3H3,(H,19,21). The second-order valence-electron chi connectivity index (χ2n) is 6.08. The van der Waals surface area contributed by atoms with Gasteiger partial charge in [0.1, 0.15) is 5.75 Å². The highest BCUT2D eigenvalue weighted by molar-refractivity contribution is 5.97. The summed E-state index contributed by atoms with van der Waals surface area (Å²) in [4.78, 5) is 26.6. The van der Waals surface area contributed by atoms with Gasteiger partial charge in [-0.1, -0.05) is 19.1 Å². The van der Waals surface area contributed by atoms with Crippen molar-refractivity contribution in [2.45, 2.75) is 39.2 Å². The van der Waals surface area contributed by atoms with Crippen LogP contribution in [0.3, 0.4) is 0 Å². The maximum atomic E-state index is 12.6. The Hall–Kier alpha value is -2.04. The molecule has 1 N–H and O–H groups in total. The quantitative estimate of drug-likeness (QED) is 0.907. The van der Waals surface area contributed by atoms with Crippen LogP contribution in [0.2, 0.25) is 0 Å². The maximum Gasteiger partial charge on any atom is 0.257 e. The van der Waals surface area contributed by atoms with Gasteiger partial charge in [-0.05, 0) is 38.3 Å². The Morgan fingerprint density at radius 2 is 1.96 bits per heavy atom. The second-order valence-corrected chi connectivity index (χ2v) is 6.08. The van der Waals surface area contributed by atoms with Gasteiger partial charge in [-0.15, -0.1) is 0 Å². The molecule has 23 heavy (non-hydrogen) atoms. The number of methoxy groups -OCH3 is 1. The van der Waals surface area contributed by atoms with Gasteiger partial charge in [0.05, 0.1) is 12.7 Å². The van der Waals surface area contributed by atoms with Crippen LogP contribution >= 0.6 is 0 Å². The SMILES string of the molecule is CCC(C)NC(=O)C1CCN(C(=O)c2ccccc2OC)CC1. The summed E-state index contributed by atoms with van der Waals surface area (Å²) in [5.41, 5.74) is 0.581. The van der Waals surface area contributed by atoms with Gasteiger partial charge in [0.15, 0.2) is 0 Å². The van der Waals surface area contributed by atoms with Gasteiger partial charge < -0.3 is 15.0 Å². The van der Waals surface area contributed by atoms with E-state index in [4.69, 9.17) is 4.74 Å². The third-order valence-corrected chi connectivity index (χ3v) is 4.49. The van der Waals surface area contributed by atoms with Crippen molar-refractivity contribution >= 4 is 11.8 Å². The summed E-state index contributed by atoms with van der Waals surface area (Å²) in [5, 5.41) is 3.03. The van der Waals surface area contributed by atoms with Crippen LogP contribution in [0.5, 0.6) is 5.75 Å². The van der Waals surface area contributed by atoms with Gasteiger partial charge in [-0.25, -0.2) is 0 Å². The molecule has 0 saturated carbocycles. The molecule has 1 saturated heterocycles. The van der Waals surface area contributed by atoms with E-state index in [1.807, 2.05) is 24.0 Å². The predicted octanol–water partition coefficient (Wildman–Crippen LogP) is 2.46. The Kier molecular flexibility index (Phi) is 6.02. The molecule has 5 nitrogen and oxygen atoms in total. The first-order chi connectivity index (χ1) is 11.1. The Morgan fingerprint density at radius 3 is 2.57 bits per heavy atom. The summed E-state index contributed by atoms with van der Waals surface area (Å²) in [6.07, 6.45) is 2.35. The first kappa shape index (κ1) is 17.3. The van der Waals surface area contributed by atoms with Gasteiger partial charge in [0, 0.05) is 25.0 Å². The van der Waals surface area contributed by atoms with E-state index in [0.29, 0.717) is 37.2 Å². The number of carbonyl (C=O) groups excluding carboxylic acids is 2. The van der Waals surface area contributed by atoms with E-state index in [1.54, 1.807) is 19.2 Å². The fraction of sp³-hybridized carbons (Fsp3) is 0.556. The molecule has 1 heterocycles. The summed E-state index contributed by atoms with van der Waals surface area (Å²) in [5.74, 6) is 0.687. The van der Waals surface area contributed by atoms with Crippen molar-refractivity contribution in [3.05, 3.63) is 29.8 Å². The van der Waals surface area contributed by atoms with E-state index in [0.717, 1.165) is 6.42 Å². The topological polar surface area (TPSA) is 58.6 Å².